The molecular formula is C82H135Cl2N9O22. The molecule has 3 aromatic carbocycles. The van der Waals surface area contributed by atoms with Gasteiger partial charge in [-0.2, -0.15) is 0 Å². The molecule has 0 aliphatic rings. The predicted molar refractivity (Wildman–Crippen MR) is 440 cm³/mol. The number of carboxylic acids is 2. The van der Waals surface area contributed by atoms with E-state index < -0.39 is 107 Å². The summed E-state index contributed by atoms with van der Waals surface area (Å²) >= 11 is 9.53. The lowest BCUT2D eigenvalue weighted by Gasteiger charge is -2.25. The number of benzene rings is 3. The fraction of sp³-hybridized carbons (Fsp3) is 0.634. The smallest absolute Gasteiger partial charge is 0.338 e. The molecule has 3 rings (SSSR count). The molecule has 115 heavy (non-hydrogen) atoms. The molecule has 654 valence electrons. The number of hydroxylamine groups is 6. The number of carbonyl (C=O) groups excluding carboxylic acids is 10. The molecule has 8 amide bonds. The van der Waals surface area contributed by atoms with Gasteiger partial charge >= 0.3 is 23.9 Å². The summed E-state index contributed by atoms with van der Waals surface area (Å²) in [6, 6.07) is 17.3. The summed E-state index contributed by atoms with van der Waals surface area (Å²) in [6.07, 6.45) is -4.17. The average Bonchev–Trinajstić information content (AvgIpc) is 0.860. The molecule has 0 saturated heterocycles. The predicted octanol–water partition coefficient (Wildman–Crippen LogP) is 12.6. The molecule has 0 spiro atoms. The number of aliphatic carboxylic acids is 2. The molecule has 6 atom stereocenters. The molecule has 31 nitrogen and oxygen atoms in total. The highest BCUT2D eigenvalue weighted by Crippen LogP contribution is 2.20. The van der Waals surface area contributed by atoms with Gasteiger partial charge in [0, 0.05) is 46.5 Å². The number of carboxylic acid groups (broad SMARTS) is 2. The first-order chi connectivity index (χ1) is 52.9. The van der Waals surface area contributed by atoms with Gasteiger partial charge in [0.15, 0.2) is 36.6 Å². The minimum atomic E-state index is -1.21. The Morgan fingerprint density at radius 3 is 0.696 bits per heavy atom. The monoisotopic (exact) mass is 1670 g/mol. The molecule has 0 saturated carbocycles. The summed E-state index contributed by atoms with van der Waals surface area (Å²) in [6.45, 7) is 47.2. The number of amides is 8. The zero-order chi connectivity index (χ0) is 87.9. The van der Waals surface area contributed by atoms with E-state index in [2.05, 4.69) is 57.4 Å². The van der Waals surface area contributed by atoms with Crippen LogP contribution in [0.25, 0.3) is 0 Å². The van der Waals surface area contributed by atoms with E-state index in [1.807, 2.05) is 111 Å². The highest BCUT2D eigenvalue weighted by molar-refractivity contribution is 6.40. The second kappa shape index (κ2) is 58.4. The van der Waals surface area contributed by atoms with Crippen molar-refractivity contribution in [1.82, 2.24) is 43.5 Å². The van der Waals surface area contributed by atoms with Gasteiger partial charge in [-0.05, 0) is 194 Å². The first kappa shape index (κ1) is 111. The zero-order valence-corrected chi connectivity index (χ0v) is 72.6. The molecule has 0 radical (unpaired) electrons. The minimum absolute atomic E-state index is 0. The zero-order valence-electron chi connectivity index (χ0n) is 71.1. The average molecular weight is 1670 g/mol. The minimum Gasteiger partial charge on any atom is -0.479 e. The summed E-state index contributed by atoms with van der Waals surface area (Å²) in [4.78, 5) is 179. The summed E-state index contributed by atoms with van der Waals surface area (Å²) in [5.41, 5.74) is 17.8. The van der Waals surface area contributed by atoms with E-state index in [4.69, 9.17) is 77.6 Å². The van der Waals surface area contributed by atoms with Crippen molar-refractivity contribution in [3.05, 3.63) is 106 Å². The highest BCUT2D eigenvalue weighted by atomic mass is 35.5. The van der Waals surface area contributed by atoms with Gasteiger partial charge in [-0.1, -0.05) is 150 Å². The van der Waals surface area contributed by atoms with E-state index in [0.29, 0.717) is 44.7 Å². The van der Waals surface area contributed by atoms with Crippen molar-refractivity contribution in [3.8, 4) is 0 Å². The topological polar surface area (TPSA) is 441 Å². The molecule has 33 heteroatoms. The summed E-state index contributed by atoms with van der Waals surface area (Å²) in [5, 5.41) is 24.1. The third-order valence-corrected chi connectivity index (χ3v) is 14.4. The Labute approximate surface area is 690 Å². The number of nitrogens with two attached hydrogens (primary N) is 1. The largest absolute Gasteiger partial charge is 0.479 e. The number of hydrogen-bond donors (Lipinski definition) is 11. The lowest BCUT2D eigenvalue weighted by molar-refractivity contribution is -0.174. The lowest BCUT2D eigenvalue weighted by Crippen LogP contribution is -2.43. The van der Waals surface area contributed by atoms with Crippen molar-refractivity contribution >= 4 is 94.3 Å². The second-order valence-corrected chi connectivity index (χ2v) is 33.3. The maximum Gasteiger partial charge on any atom is 0.338 e. The van der Waals surface area contributed by atoms with Crippen LogP contribution in [0.2, 0.25) is 0 Å². The van der Waals surface area contributed by atoms with Gasteiger partial charge in [-0.15, -0.1) is 23.2 Å². The number of ether oxygens (including phenoxy) is 2. The van der Waals surface area contributed by atoms with Crippen molar-refractivity contribution in [1.29, 1.82) is 0 Å². The number of nitrogens with one attached hydrogen (secondary N) is 8. The molecule has 0 fully saturated rings. The fourth-order valence-electron chi connectivity index (χ4n) is 8.85. The van der Waals surface area contributed by atoms with E-state index in [-0.39, 0.29) is 118 Å². The Morgan fingerprint density at radius 1 is 0.339 bits per heavy atom. The molecule has 0 bridgehead atoms. The van der Waals surface area contributed by atoms with Crippen molar-refractivity contribution in [2.24, 2.45) is 59.0 Å². The lowest BCUT2D eigenvalue weighted by atomic mass is 10.1. The van der Waals surface area contributed by atoms with Crippen LogP contribution in [-0.4, -0.2) is 154 Å². The third-order valence-electron chi connectivity index (χ3n) is 14.4. The second-order valence-electron chi connectivity index (χ2n) is 32.5. The van der Waals surface area contributed by atoms with Gasteiger partial charge in [0.25, 0.3) is 47.3 Å². The number of hydrogen-bond acceptors (Lipinski definition) is 21. The SMILES string of the molecule is C.CC(C)CN.CC(C)CNC(=O)[C@@H](CC(C)C)ONC(=O)c1cccc(C(=O)NO[C@H](CC(C)C)C(=O)NCC(C)C)c1.CC(C)C[C@@H](ONC(=O)c1cccc(C(=O)NO[C@H](CC(C)C)C(=O)O)c1)C(=O)O.CC(C)C[C@@H](ONC(=O)c1cccc(C(=O)NO[C@H](CC(C)C)C(=O)OC(C)(C)C)c1)C(=O)OC(C)(C)C.ClCCl. The molecule has 0 heterocycles. The number of rotatable bonds is 41. The quantitative estimate of drug-likeness (QED) is 0.0143. The van der Waals surface area contributed by atoms with Gasteiger partial charge < -0.3 is 36.1 Å². The Kier molecular flexibility index (Phi) is 56.3. The van der Waals surface area contributed by atoms with Crippen LogP contribution >= 0.6 is 23.2 Å². The molecule has 3 aromatic rings. The first-order valence-corrected chi connectivity index (χ1v) is 39.3. The first-order valence-electron chi connectivity index (χ1n) is 38.2. The summed E-state index contributed by atoms with van der Waals surface area (Å²) in [5.74, 6) is -6.29. The third kappa shape index (κ3) is 53.5. The van der Waals surface area contributed by atoms with Gasteiger partial charge in [-0.3, -0.25) is 67.4 Å². The number of esters is 2. The molecule has 0 aliphatic heterocycles. The molecular weight excluding hydrogens is 1530 g/mol. The van der Waals surface area contributed by atoms with E-state index in [9.17, 15) is 57.5 Å². The number of carbonyl (C=O) groups is 12. The van der Waals surface area contributed by atoms with Crippen molar-refractivity contribution < 1.29 is 106 Å². The Balaban J connectivity index is -0.00000156. The van der Waals surface area contributed by atoms with Crippen LogP contribution in [0.3, 0.4) is 0 Å². The normalized spacial score (nSPS) is 12.7. The summed E-state index contributed by atoms with van der Waals surface area (Å²) < 4.78 is 10.8. The maximum absolute atomic E-state index is 12.7. The van der Waals surface area contributed by atoms with Gasteiger partial charge in [-0.25, -0.2) is 52.1 Å². The Morgan fingerprint density at radius 2 is 0.522 bits per heavy atom. The maximum atomic E-state index is 12.7. The van der Waals surface area contributed by atoms with Crippen molar-refractivity contribution in [2.45, 2.75) is 260 Å². The van der Waals surface area contributed by atoms with Crippen LogP contribution in [0.4, 0.5) is 0 Å². The molecule has 0 aliphatic carbocycles. The van der Waals surface area contributed by atoms with Crippen LogP contribution in [-0.2, 0) is 67.3 Å². The van der Waals surface area contributed by atoms with Crippen LogP contribution in [0.1, 0.15) is 274 Å². The Bertz CT molecular complexity index is 3230. The van der Waals surface area contributed by atoms with Crippen LogP contribution in [0.5, 0.6) is 0 Å². The van der Waals surface area contributed by atoms with E-state index in [1.165, 1.54) is 66.7 Å². The van der Waals surface area contributed by atoms with Gasteiger partial charge in [0.05, 0.1) is 5.34 Å². The standard InChI is InChI=1S/C28H46N4O6.C28H44N2O8.C20H28N2O8.C4H11N.CH2Cl2.CH4/c1-17(2)12-23(27(35)29-15-19(5)6)37-31-25(33)21-10-9-11-22(14-21)26(34)32-38-24(13-18(3)4)28(36)30-16-20(7)8;1-17(2)14-21(25(33)35-27(5,6)7)37-29-23(31)19-12-11-13-20(16-19)24(32)30-38-22(15-18(3)4)26(34)36-28(8,9)10;1-11(2)8-15(19(25)26)29-21-17(23)13-6-5-7-14(10-13)18(24)22-30-16(20(27)28)9-12(3)4;1-4(2)3-5;2-1-3;/h9-11,14,17-20,23-24H,12-13,15-16H2,1-8H3,(H,29,35)(H,30,36)(H,31,33)(H,32,34);11-13,16-18,21-22H,14-15H2,1-10H3,(H,29,31)(H,30,32);5-7,10-12,15-16H,8-9H2,1-4H3,(H,21,23)(H,22,24)(H,25,26)(H,27,28);4H,3,5H2,1-2H3;1H2;1H4/t23-,24-;21-,22-;15-,16-;;;/m111.../s1. The van der Waals surface area contributed by atoms with Crippen LogP contribution < -0.4 is 49.2 Å². The highest BCUT2D eigenvalue weighted by Gasteiger charge is 2.32. The van der Waals surface area contributed by atoms with Gasteiger partial charge in [0.1, 0.15) is 11.2 Å². The van der Waals surface area contributed by atoms with E-state index in [0.717, 1.165) is 6.54 Å². The molecule has 0 unspecified atom stereocenters. The van der Waals surface area contributed by atoms with Crippen molar-refractivity contribution in [2.75, 3.05) is 25.0 Å². The van der Waals surface area contributed by atoms with Crippen LogP contribution in [0.15, 0.2) is 72.8 Å². The van der Waals surface area contributed by atoms with Crippen LogP contribution in [0, 0.1) is 53.3 Å². The van der Waals surface area contributed by atoms with E-state index in [1.54, 1.807) is 47.6 Å². The van der Waals surface area contributed by atoms with Gasteiger partial charge in [0.2, 0.25) is 0 Å². The summed E-state index contributed by atoms with van der Waals surface area (Å²) in [7, 11) is 0. The molecule has 12 N–H and O–H groups in total. The Hall–Kier alpha value is -8.40. The molecule has 0 aromatic heterocycles. The number of alkyl halides is 2. The van der Waals surface area contributed by atoms with Crippen molar-refractivity contribution in [3.63, 3.8) is 0 Å². The fourth-order valence-corrected chi connectivity index (χ4v) is 8.85. The van der Waals surface area contributed by atoms with E-state index >= 15 is 0 Å². The number of halogens is 2.